The van der Waals surface area contributed by atoms with Crippen molar-refractivity contribution in [3.8, 4) is 0 Å². The van der Waals surface area contributed by atoms with Crippen molar-refractivity contribution in [2.45, 2.75) is 6.42 Å². The molecule has 0 amide bonds. The fourth-order valence-electron chi connectivity index (χ4n) is 1.34. The molecule has 86 valence electrons. The molecule has 0 radical (unpaired) electrons. The molecule has 2 rings (SSSR count). The number of benzene rings is 1. The number of nitrogens with zero attached hydrogens (tertiary/aromatic N) is 2. The summed E-state index contributed by atoms with van der Waals surface area (Å²) in [5, 5.41) is 8.67. The highest BCUT2D eigenvalue weighted by atomic mass is 19.1. The zero-order chi connectivity index (χ0) is 12.3. The number of carbonyl (C=O) groups is 1. The van der Waals surface area contributed by atoms with Crippen LogP contribution < -0.4 is 0 Å². The number of carboxylic acid groups (broad SMARTS) is 1. The van der Waals surface area contributed by atoms with Crippen LogP contribution in [0.15, 0.2) is 36.7 Å². The van der Waals surface area contributed by atoms with Gasteiger partial charge in [-0.1, -0.05) is 12.1 Å². The summed E-state index contributed by atoms with van der Waals surface area (Å²) in [5.74, 6) is -0.851. The van der Waals surface area contributed by atoms with Gasteiger partial charge in [-0.25, -0.2) is 19.2 Å². The van der Waals surface area contributed by atoms with E-state index in [0.29, 0.717) is 12.2 Å². The summed E-state index contributed by atoms with van der Waals surface area (Å²) in [6.07, 6.45) is 2.96. The van der Waals surface area contributed by atoms with E-state index in [1.807, 2.05) is 0 Å². The fourth-order valence-corrected chi connectivity index (χ4v) is 1.34. The van der Waals surface area contributed by atoms with Crippen LogP contribution in [-0.2, 0) is 6.42 Å². The molecule has 0 aliphatic heterocycles. The summed E-state index contributed by atoms with van der Waals surface area (Å²) < 4.78 is 12.7. The Balaban J connectivity index is 2.13. The molecular formula is C12H9FN2O2. The van der Waals surface area contributed by atoms with Crippen LogP contribution in [0.25, 0.3) is 0 Å². The van der Waals surface area contributed by atoms with Gasteiger partial charge in [-0.05, 0) is 17.7 Å². The summed E-state index contributed by atoms with van der Waals surface area (Å²) >= 11 is 0. The lowest BCUT2D eigenvalue weighted by Crippen LogP contribution is -2.02. The number of halogens is 1. The third kappa shape index (κ3) is 2.84. The molecule has 0 saturated heterocycles. The number of aromatic nitrogens is 2. The Kier molecular flexibility index (Phi) is 3.09. The maximum absolute atomic E-state index is 12.7. The molecule has 2 aromatic rings. The minimum absolute atomic E-state index is 0.0489. The lowest BCUT2D eigenvalue weighted by molar-refractivity contribution is 0.0696. The molecule has 0 spiro atoms. The Labute approximate surface area is 96.8 Å². The van der Waals surface area contributed by atoms with Crippen LogP contribution in [0, 0.1) is 5.82 Å². The molecular weight excluding hydrogens is 223 g/mol. The SMILES string of the molecule is O=C(O)c1cnc(Cc2ccc(F)cc2)nc1. The van der Waals surface area contributed by atoms with Crippen LogP contribution >= 0.6 is 0 Å². The van der Waals surface area contributed by atoms with Gasteiger partial charge in [0.25, 0.3) is 0 Å². The monoisotopic (exact) mass is 232 g/mol. The Morgan fingerprint density at radius 1 is 1.18 bits per heavy atom. The first-order chi connectivity index (χ1) is 8.15. The van der Waals surface area contributed by atoms with Crippen molar-refractivity contribution in [3.63, 3.8) is 0 Å². The highest BCUT2D eigenvalue weighted by molar-refractivity contribution is 5.86. The topological polar surface area (TPSA) is 63.1 Å². The van der Waals surface area contributed by atoms with E-state index in [1.54, 1.807) is 12.1 Å². The first kappa shape index (κ1) is 11.2. The van der Waals surface area contributed by atoms with Crippen LogP contribution in [0.2, 0.25) is 0 Å². The van der Waals surface area contributed by atoms with Crippen molar-refractivity contribution < 1.29 is 14.3 Å². The molecule has 1 N–H and O–H groups in total. The average Bonchev–Trinajstić information content (AvgIpc) is 2.33. The van der Waals surface area contributed by atoms with Crippen LogP contribution in [0.4, 0.5) is 4.39 Å². The first-order valence-corrected chi connectivity index (χ1v) is 4.94. The molecule has 0 bridgehead atoms. The molecule has 5 heteroatoms. The third-order valence-electron chi connectivity index (χ3n) is 2.23. The van der Waals surface area contributed by atoms with E-state index < -0.39 is 5.97 Å². The van der Waals surface area contributed by atoms with Gasteiger partial charge in [0.1, 0.15) is 11.6 Å². The summed E-state index contributed by atoms with van der Waals surface area (Å²) in [6.45, 7) is 0. The highest BCUT2D eigenvalue weighted by Crippen LogP contribution is 2.07. The standard InChI is InChI=1S/C12H9FN2O2/c13-10-3-1-8(2-4-10)5-11-14-6-9(7-15-11)12(16)17/h1-4,6-7H,5H2,(H,16,17). The van der Waals surface area contributed by atoms with Crippen LogP contribution in [0.5, 0.6) is 0 Å². The summed E-state index contributed by atoms with van der Waals surface area (Å²) in [7, 11) is 0. The number of aromatic carboxylic acids is 1. The lowest BCUT2D eigenvalue weighted by Gasteiger charge is -2.00. The second-order valence-corrected chi connectivity index (χ2v) is 3.50. The Bertz CT molecular complexity index is 523. The van der Waals surface area contributed by atoms with Gasteiger partial charge in [-0.15, -0.1) is 0 Å². The van der Waals surface area contributed by atoms with Gasteiger partial charge >= 0.3 is 5.97 Å². The summed E-state index contributed by atoms with van der Waals surface area (Å²) in [5.41, 5.74) is 0.919. The van der Waals surface area contributed by atoms with Crippen LogP contribution in [-0.4, -0.2) is 21.0 Å². The van der Waals surface area contributed by atoms with Crippen molar-refractivity contribution in [1.82, 2.24) is 9.97 Å². The minimum Gasteiger partial charge on any atom is -0.478 e. The van der Waals surface area contributed by atoms with Crippen molar-refractivity contribution in [1.29, 1.82) is 0 Å². The van der Waals surface area contributed by atoms with Gasteiger partial charge < -0.3 is 5.11 Å². The van der Waals surface area contributed by atoms with E-state index in [1.165, 1.54) is 24.5 Å². The molecule has 0 aliphatic carbocycles. The van der Waals surface area contributed by atoms with E-state index in [2.05, 4.69) is 9.97 Å². The van der Waals surface area contributed by atoms with Crippen LogP contribution in [0.1, 0.15) is 21.7 Å². The fraction of sp³-hybridized carbons (Fsp3) is 0.0833. The molecule has 1 heterocycles. The lowest BCUT2D eigenvalue weighted by atomic mass is 10.1. The van der Waals surface area contributed by atoms with Crippen molar-refractivity contribution >= 4 is 5.97 Å². The Hall–Kier alpha value is -2.30. The molecule has 1 aromatic carbocycles. The molecule has 1 aromatic heterocycles. The molecule has 4 nitrogen and oxygen atoms in total. The van der Waals surface area contributed by atoms with Crippen molar-refractivity contribution in [2.24, 2.45) is 0 Å². The normalized spacial score (nSPS) is 10.2. The number of hydrogen-bond acceptors (Lipinski definition) is 3. The summed E-state index contributed by atoms with van der Waals surface area (Å²) in [4.78, 5) is 18.5. The number of rotatable bonds is 3. The van der Waals surface area contributed by atoms with E-state index in [-0.39, 0.29) is 11.4 Å². The zero-order valence-electron chi connectivity index (χ0n) is 8.80. The van der Waals surface area contributed by atoms with E-state index in [9.17, 15) is 9.18 Å². The smallest absolute Gasteiger partial charge is 0.338 e. The molecule has 0 unspecified atom stereocenters. The molecule has 17 heavy (non-hydrogen) atoms. The summed E-state index contributed by atoms with van der Waals surface area (Å²) in [6, 6.07) is 6.01. The number of hydrogen-bond donors (Lipinski definition) is 1. The van der Waals surface area contributed by atoms with Gasteiger partial charge in [0, 0.05) is 18.8 Å². The van der Waals surface area contributed by atoms with Crippen LogP contribution in [0.3, 0.4) is 0 Å². The van der Waals surface area contributed by atoms with E-state index in [0.717, 1.165) is 5.56 Å². The Morgan fingerprint density at radius 3 is 2.29 bits per heavy atom. The number of carboxylic acids is 1. The largest absolute Gasteiger partial charge is 0.478 e. The van der Waals surface area contributed by atoms with E-state index in [4.69, 9.17) is 5.11 Å². The predicted octanol–water partition coefficient (Wildman–Crippen LogP) is 1.90. The predicted molar refractivity (Wildman–Crippen MR) is 58.2 cm³/mol. The average molecular weight is 232 g/mol. The van der Waals surface area contributed by atoms with Gasteiger partial charge in [-0.2, -0.15) is 0 Å². The van der Waals surface area contributed by atoms with Crippen molar-refractivity contribution in [2.75, 3.05) is 0 Å². The highest BCUT2D eigenvalue weighted by Gasteiger charge is 2.04. The van der Waals surface area contributed by atoms with Gasteiger partial charge in [-0.3, -0.25) is 0 Å². The molecule has 0 saturated carbocycles. The molecule has 0 atom stereocenters. The quantitative estimate of drug-likeness (QED) is 0.877. The second kappa shape index (κ2) is 4.69. The second-order valence-electron chi connectivity index (χ2n) is 3.50. The minimum atomic E-state index is -1.06. The maximum Gasteiger partial charge on any atom is 0.338 e. The first-order valence-electron chi connectivity index (χ1n) is 4.94. The Morgan fingerprint density at radius 2 is 1.76 bits per heavy atom. The maximum atomic E-state index is 12.7. The van der Waals surface area contributed by atoms with Gasteiger partial charge in [0.05, 0.1) is 5.56 Å². The zero-order valence-corrected chi connectivity index (χ0v) is 8.80. The molecule has 0 fully saturated rings. The van der Waals surface area contributed by atoms with E-state index >= 15 is 0 Å². The molecule has 0 aliphatic rings. The van der Waals surface area contributed by atoms with Gasteiger partial charge in [0.2, 0.25) is 0 Å². The van der Waals surface area contributed by atoms with Crippen molar-refractivity contribution in [3.05, 3.63) is 59.4 Å². The van der Waals surface area contributed by atoms with Gasteiger partial charge in [0.15, 0.2) is 0 Å². The third-order valence-corrected chi connectivity index (χ3v) is 2.23.